The van der Waals surface area contributed by atoms with Crippen LogP contribution in [0.2, 0.25) is 0 Å². The third-order valence-corrected chi connectivity index (χ3v) is 3.11. The lowest BCUT2D eigenvalue weighted by molar-refractivity contribution is 0.156. The molecule has 3 N–H and O–H groups in total. The molecule has 2 rings (SSSR count). The summed E-state index contributed by atoms with van der Waals surface area (Å²) in [5.74, 6) is 1.48. The van der Waals surface area contributed by atoms with E-state index in [0.29, 0.717) is 5.92 Å². The van der Waals surface area contributed by atoms with E-state index in [9.17, 15) is 5.11 Å². The minimum Gasteiger partial charge on any atom is -0.396 e. The Kier molecular flexibility index (Phi) is 2.33. The lowest BCUT2D eigenvalue weighted by Gasteiger charge is -2.24. The smallest absolute Gasteiger partial charge is 0.126 e. The molecule has 1 aromatic heterocycles. The summed E-state index contributed by atoms with van der Waals surface area (Å²) in [4.78, 5) is 4.24. The Morgan fingerprint density at radius 3 is 2.93 bits per heavy atom. The highest BCUT2D eigenvalue weighted by Gasteiger charge is 2.40. The highest BCUT2D eigenvalue weighted by atomic mass is 16.3. The molecule has 0 fully saturated rings. The van der Waals surface area contributed by atoms with Gasteiger partial charge in [-0.25, -0.2) is 4.98 Å². The number of hydrogen-bond donors (Lipinski definition) is 2. The van der Waals surface area contributed by atoms with E-state index in [2.05, 4.69) is 23.4 Å². The summed E-state index contributed by atoms with van der Waals surface area (Å²) in [6, 6.07) is 0.162. The van der Waals surface area contributed by atoms with Gasteiger partial charge in [-0.3, -0.25) is 0 Å². The molecule has 0 aliphatic carbocycles. The second kappa shape index (κ2) is 3.37. The summed E-state index contributed by atoms with van der Waals surface area (Å²) in [7, 11) is 0. The number of hydrogen-bond acceptors (Lipinski definition) is 3. The summed E-state index contributed by atoms with van der Waals surface area (Å²) in [6.45, 7) is 4.43. The van der Waals surface area contributed by atoms with Gasteiger partial charge in [0.05, 0.1) is 6.04 Å². The Labute approximate surface area is 83.8 Å². The van der Waals surface area contributed by atoms with Crippen LogP contribution in [0.25, 0.3) is 0 Å². The summed E-state index contributed by atoms with van der Waals surface area (Å²) in [5, 5.41) is 9.33. The summed E-state index contributed by atoms with van der Waals surface area (Å²) < 4.78 is 2.11. The van der Waals surface area contributed by atoms with Gasteiger partial charge in [-0.05, 0) is 5.92 Å². The highest BCUT2D eigenvalue weighted by molar-refractivity contribution is 5.11. The lowest BCUT2D eigenvalue weighted by atomic mass is 9.89. The second-order valence-electron chi connectivity index (χ2n) is 4.30. The molecule has 0 radical (unpaired) electrons. The van der Waals surface area contributed by atoms with Gasteiger partial charge in [0.1, 0.15) is 5.82 Å². The van der Waals surface area contributed by atoms with E-state index < -0.39 is 0 Å². The Morgan fingerprint density at radius 2 is 2.36 bits per heavy atom. The average Bonchev–Trinajstić information content (AvgIpc) is 2.67. The number of aliphatic hydroxyl groups is 1. The molecule has 0 saturated carbocycles. The van der Waals surface area contributed by atoms with Crippen molar-refractivity contribution in [2.45, 2.75) is 25.9 Å². The number of imidazole rings is 1. The van der Waals surface area contributed by atoms with Crippen LogP contribution in [-0.2, 0) is 0 Å². The van der Waals surface area contributed by atoms with Crippen molar-refractivity contribution in [2.75, 3.05) is 6.61 Å². The van der Waals surface area contributed by atoms with E-state index in [4.69, 9.17) is 5.73 Å². The number of fused-ring (bicyclic) bond motifs is 1. The Morgan fingerprint density at radius 1 is 1.64 bits per heavy atom. The van der Waals surface area contributed by atoms with Crippen molar-refractivity contribution in [1.29, 1.82) is 0 Å². The van der Waals surface area contributed by atoms with Gasteiger partial charge in [0.2, 0.25) is 0 Å². The molecule has 1 aliphatic heterocycles. The quantitative estimate of drug-likeness (QED) is 0.730. The van der Waals surface area contributed by atoms with E-state index >= 15 is 0 Å². The molecule has 1 aliphatic rings. The first-order chi connectivity index (χ1) is 6.66. The van der Waals surface area contributed by atoms with Crippen LogP contribution < -0.4 is 5.73 Å². The zero-order valence-electron chi connectivity index (χ0n) is 8.59. The van der Waals surface area contributed by atoms with Gasteiger partial charge in [0, 0.05) is 31.0 Å². The van der Waals surface area contributed by atoms with Crippen LogP contribution in [-0.4, -0.2) is 21.3 Å². The maximum absolute atomic E-state index is 9.33. The van der Waals surface area contributed by atoms with E-state index in [1.165, 1.54) is 0 Å². The fourth-order valence-corrected chi connectivity index (χ4v) is 2.48. The van der Waals surface area contributed by atoms with Crippen molar-refractivity contribution in [2.24, 2.45) is 17.6 Å². The SMILES string of the molecule is CC(C)[C@H]1[C@H](CO)[C@H](N)c2nccn21. The standard InChI is InChI=1S/C10H17N3O/c1-6(2)9-7(5-14)8(11)10-12-3-4-13(9)10/h3-4,6-9,14H,5,11H2,1-2H3/t7-,8+,9+/m1/s1. The molecule has 4 nitrogen and oxygen atoms in total. The van der Waals surface area contributed by atoms with Gasteiger partial charge in [-0.2, -0.15) is 0 Å². The molecule has 78 valence electrons. The van der Waals surface area contributed by atoms with Gasteiger partial charge in [0.15, 0.2) is 0 Å². The fraction of sp³-hybridized carbons (Fsp3) is 0.700. The number of nitrogens with zero attached hydrogens (tertiary/aromatic N) is 2. The molecule has 0 bridgehead atoms. The fourth-order valence-electron chi connectivity index (χ4n) is 2.48. The van der Waals surface area contributed by atoms with E-state index in [-0.39, 0.29) is 24.6 Å². The molecule has 0 amide bonds. The highest BCUT2D eigenvalue weighted by Crippen LogP contribution is 2.41. The van der Waals surface area contributed by atoms with Crippen molar-refractivity contribution >= 4 is 0 Å². The van der Waals surface area contributed by atoms with Crippen LogP contribution in [0.1, 0.15) is 31.8 Å². The number of aliphatic hydroxyl groups excluding tert-OH is 1. The molecule has 2 heterocycles. The van der Waals surface area contributed by atoms with Crippen LogP contribution >= 0.6 is 0 Å². The third-order valence-electron chi connectivity index (χ3n) is 3.11. The van der Waals surface area contributed by atoms with Crippen LogP contribution in [0.3, 0.4) is 0 Å². The van der Waals surface area contributed by atoms with Gasteiger partial charge in [-0.1, -0.05) is 13.8 Å². The molecule has 0 saturated heterocycles. The zero-order chi connectivity index (χ0) is 10.3. The zero-order valence-corrected chi connectivity index (χ0v) is 8.59. The first kappa shape index (κ1) is 9.68. The first-order valence-corrected chi connectivity index (χ1v) is 5.06. The topological polar surface area (TPSA) is 64.1 Å². The van der Waals surface area contributed by atoms with Crippen molar-refractivity contribution in [3.8, 4) is 0 Å². The number of rotatable bonds is 2. The van der Waals surface area contributed by atoms with E-state index in [0.717, 1.165) is 5.82 Å². The number of nitrogens with two attached hydrogens (primary N) is 1. The van der Waals surface area contributed by atoms with Gasteiger partial charge >= 0.3 is 0 Å². The van der Waals surface area contributed by atoms with E-state index in [1.54, 1.807) is 6.20 Å². The Bertz CT molecular complexity index is 321. The molecule has 4 heteroatoms. The normalized spacial score (nSPS) is 31.1. The molecule has 0 unspecified atom stereocenters. The second-order valence-corrected chi connectivity index (χ2v) is 4.30. The van der Waals surface area contributed by atoms with Crippen LogP contribution in [0.15, 0.2) is 12.4 Å². The van der Waals surface area contributed by atoms with Crippen LogP contribution in [0.4, 0.5) is 0 Å². The lowest BCUT2D eigenvalue weighted by Crippen LogP contribution is -2.26. The largest absolute Gasteiger partial charge is 0.396 e. The maximum atomic E-state index is 9.33. The van der Waals surface area contributed by atoms with Crippen molar-refractivity contribution in [1.82, 2.24) is 9.55 Å². The Balaban J connectivity index is 2.39. The van der Waals surface area contributed by atoms with Crippen LogP contribution in [0, 0.1) is 11.8 Å². The van der Waals surface area contributed by atoms with Gasteiger partial charge in [0.25, 0.3) is 0 Å². The Hall–Kier alpha value is -0.870. The molecule has 1 aromatic rings. The monoisotopic (exact) mass is 195 g/mol. The minimum atomic E-state index is -0.123. The predicted molar refractivity (Wildman–Crippen MR) is 53.6 cm³/mol. The van der Waals surface area contributed by atoms with Gasteiger partial charge in [-0.15, -0.1) is 0 Å². The van der Waals surface area contributed by atoms with Crippen LogP contribution in [0.5, 0.6) is 0 Å². The number of aromatic nitrogens is 2. The van der Waals surface area contributed by atoms with Crippen molar-refractivity contribution in [3.05, 3.63) is 18.2 Å². The summed E-state index contributed by atoms with van der Waals surface area (Å²) in [6.07, 6.45) is 3.73. The molecule has 0 aromatic carbocycles. The average molecular weight is 195 g/mol. The molecular formula is C10H17N3O. The van der Waals surface area contributed by atoms with E-state index in [1.807, 2.05) is 6.20 Å². The molecule has 0 spiro atoms. The van der Waals surface area contributed by atoms with Gasteiger partial charge < -0.3 is 15.4 Å². The predicted octanol–water partition coefficient (Wildman–Crippen LogP) is 0.702. The summed E-state index contributed by atoms with van der Waals surface area (Å²) in [5.41, 5.74) is 6.03. The third kappa shape index (κ3) is 1.18. The summed E-state index contributed by atoms with van der Waals surface area (Å²) >= 11 is 0. The molecule has 3 atom stereocenters. The molecular weight excluding hydrogens is 178 g/mol. The van der Waals surface area contributed by atoms with Crippen molar-refractivity contribution < 1.29 is 5.11 Å². The first-order valence-electron chi connectivity index (χ1n) is 5.06. The minimum absolute atomic E-state index is 0.110. The maximum Gasteiger partial charge on any atom is 0.126 e. The molecule has 14 heavy (non-hydrogen) atoms. The van der Waals surface area contributed by atoms with Crippen molar-refractivity contribution in [3.63, 3.8) is 0 Å².